The number of hydrogen-bond donors (Lipinski definition) is 3. The van der Waals surface area contributed by atoms with Gasteiger partial charge in [0, 0.05) is 39.5 Å². The Morgan fingerprint density at radius 2 is 0.871 bits per heavy atom. The first-order valence-corrected chi connectivity index (χ1v) is 10.4. The molecule has 5 aromatic rings. The van der Waals surface area contributed by atoms with Crippen LogP contribution in [0.2, 0.25) is 0 Å². The summed E-state index contributed by atoms with van der Waals surface area (Å²) in [6.45, 7) is 0. The number of benzene rings is 5. The van der Waals surface area contributed by atoms with Crippen LogP contribution in [-0.4, -0.2) is 0 Å². The second kappa shape index (κ2) is 8.64. The lowest BCUT2D eigenvalue weighted by molar-refractivity contribution is 1.51. The predicted molar refractivity (Wildman–Crippen MR) is 133 cm³/mol. The maximum atomic E-state index is 3.56. The highest BCUT2D eigenvalue weighted by Gasteiger charge is 2.03. The average Bonchev–Trinajstić information content (AvgIpc) is 2.82. The predicted octanol–water partition coefficient (Wildman–Crippen LogP) is 8.07. The molecule has 0 bridgehead atoms. The van der Waals surface area contributed by atoms with Gasteiger partial charge in [-0.2, -0.15) is 0 Å². The van der Waals surface area contributed by atoms with E-state index in [0.717, 1.165) is 34.1 Å². The van der Waals surface area contributed by atoms with Crippen molar-refractivity contribution in [1.29, 1.82) is 0 Å². The molecule has 3 heteroatoms. The van der Waals surface area contributed by atoms with Gasteiger partial charge < -0.3 is 16.0 Å². The average molecular weight is 402 g/mol. The Balaban J connectivity index is 1.30. The molecule has 0 aromatic heterocycles. The summed E-state index contributed by atoms with van der Waals surface area (Å²) in [6.07, 6.45) is 0. The molecule has 0 amide bonds. The second-order valence-electron chi connectivity index (χ2n) is 7.43. The lowest BCUT2D eigenvalue weighted by atomic mass is 10.1. The van der Waals surface area contributed by atoms with Gasteiger partial charge >= 0.3 is 0 Å². The van der Waals surface area contributed by atoms with Crippen LogP contribution in [0.4, 0.5) is 34.1 Å². The maximum absolute atomic E-state index is 3.56. The summed E-state index contributed by atoms with van der Waals surface area (Å²) in [6, 6.07) is 41.6. The van der Waals surface area contributed by atoms with E-state index < -0.39 is 0 Å². The number of nitrogens with one attached hydrogen (secondary N) is 3. The number of anilines is 6. The van der Waals surface area contributed by atoms with Crippen molar-refractivity contribution in [2.24, 2.45) is 0 Å². The van der Waals surface area contributed by atoms with Crippen molar-refractivity contribution in [3.05, 3.63) is 121 Å². The van der Waals surface area contributed by atoms with E-state index in [4.69, 9.17) is 0 Å². The minimum absolute atomic E-state index is 1.04. The zero-order chi connectivity index (χ0) is 20.9. The molecule has 3 N–H and O–H groups in total. The highest BCUT2D eigenvalue weighted by Crippen LogP contribution is 2.28. The van der Waals surface area contributed by atoms with Crippen molar-refractivity contribution in [3.63, 3.8) is 0 Å². The van der Waals surface area contributed by atoms with Gasteiger partial charge in [0.2, 0.25) is 0 Å². The van der Waals surface area contributed by atoms with Crippen LogP contribution in [0.25, 0.3) is 10.8 Å². The van der Waals surface area contributed by atoms with Gasteiger partial charge in [0.15, 0.2) is 0 Å². The molecule has 5 aromatic carbocycles. The van der Waals surface area contributed by atoms with E-state index >= 15 is 0 Å². The number of fused-ring (bicyclic) bond motifs is 1. The molecule has 0 atom stereocenters. The molecule has 31 heavy (non-hydrogen) atoms. The first kappa shape index (κ1) is 18.8. The van der Waals surface area contributed by atoms with Gasteiger partial charge in [0.1, 0.15) is 0 Å². The van der Waals surface area contributed by atoms with Crippen LogP contribution in [-0.2, 0) is 0 Å². The third-order valence-electron chi connectivity index (χ3n) is 5.17. The van der Waals surface area contributed by atoms with E-state index in [2.05, 4.69) is 119 Å². The van der Waals surface area contributed by atoms with Gasteiger partial charge in [-0.05, 0) is 66.0 Å². The van der Waals surface area contributed by atoms with Crippen molar-refractivity contribution in [3.8, 4) is 0 Å². The Bertz CT molecular complexity index is 1290. The van der Waals surface area contributed by atoms with E-state index in [1.54, 1.807) is 0 Å². The minimum atomic E-state index is 1.04. The summed E-state index contributed by atoms with van der Waals surface area (Å²) >= 11 is 0. The smallest absolute Gasteiger partial charge is 0.0463 e. The van der Waals surface area contributed by atoms with Crippen LogP contribution < -0.4 is 16.0 Å². The van der Waals surface area contributed by atoms with Gasteiger partial charge in [0.25, 0.3) is 0 Å². The lowest BCUT2D eigenvalue weighted by Gasteiger charge is -2.13. The van der Waals surface area contributed by atoms with E-state index in [1.165, 1.54) is 10.8 Å². The molecule has 0 saturated carbocycles. The van der Waals surface area contributed by atoms with Gasteiger partial charge in [-0.15, -0.1) is 0 Å². The first-order valence-electron chi connectivity index (χ1n) is 10.4. The molecular weight excluding hydrogens is 378 g/mol. The summed E-state index contributed by atoms with van der Waals surface area (Å²) in [5.74, 6) is 0. The fraction of sp³-hybridized carbons (Fsp3) is 0. The molecule has 0 aliphatic carbocycles. The molecule has 0 unspecified atom stereocenters. The molecule has 3 nitrogen and oxygen atoms in total. The molecule has 150 valence electrons. The fourth-order valence-corrected chi connectivity index (χ4v) is 3.66. The molecular formula is C28H23N3. The quantitative estimate of drug-likeness (QED) is 0.269. The van der Waals surface area contributed by atoms with Gasteiger partial charge in [-0.1, -0.05) is 60.7 Å². The second-order valence-corrected chi connectivity index (χ2v) is 7.43. The zero-order valence-corrected chi connectivity index (χ0v) is 17.0. The van der Waals surface area contributed by atoms with Crippen LogP contribution in [0.1, 0.15) is 0 Å². The van der Waals surface area contributed by atoms with Gasteiger partial charge in [-0.3, -0.25) is 0 Å². The third kappa shape index (κ3) is 4.51. The summed E-state index contributed by atoms with van der Waals surface area (Å²) in [7, 11) is 0. The van der Waals surface area contributed by atoms with Crippen molar-refractivity contribution >= 4 is 44.9 Å². The Morgan fingerprint density at radius 3 is 1.65 bits per heavy atom. The monoisotopic (exact) mass is 401 g/mol. The van der Waals surface area contributed by atoms with E-state index in [1.807, 2.05) is 18.2 Å². The van der Waals surface area contributed by atoms with Crippen LogP contribution in [0, 0.1) is 0 Å². The minimum Gasteiger partial charge on any atom is -0.356 e. The molecule has 0 heterocycles. The summed E-state index contributed by atoms with van der Waals surface area (Å²) in [5, 5.41) is 12.9. The Morgan fingerprint density at radius 1 is 0.355 bits per heavy atom. The van der Waals surface area contributed by atoms with E-state index in [9.17, 15) is 0 Å². The van der Waals surface area contributed by atoms with Crippen molar-refractivity contribution < 1.29 is 0 Å². The van der Waals surface area contributed by atoms with Gasteiger partial charge in [0.05, 0.1) is 0 Å². The van der Waals surface area contributed by atoms with Crippen LogP contribution >= 0.6 is 0 Å². The van der Waals surface area contributed by atoms with Gasteiger partial charge in [-0.25, -0.2) is 0 Å². The van der Waals surface area contributed by atoms with Crippen LogP contribution in [0.5, 0.6) is 0 Å². The topological polar surface area (TPSA) is 36.1 Å². The summed E-state index contributed by atoms with van der Waals surface area (Å²) in [4.78, 5) is 0. The van der Waals surface area contributed by atoms with Crippen LogP contribution in [0.3, 0.4) is 0 Å². The van der Waals surface area contributed by atoms with Crippen molar-refractivity contribution in [1.82, 2.24) is 0 Å². The highest BCUT2D eigenvalue weighted by atomic mass is 14.9. The normalized spacial score (nSPS) is 10.6. The molecule has 0 aliphatic heterocycles. The molecule has 0 radical (unpaired) electrons. The first-order chi connectivity index (χ1) is 15.3. The van der Waals surface area contributed by atoms with Crippen molar-refractivity contribution in [2.75, 3.05) is 16.0 Å². The van der Waals surface area contributed by atoms with Crippen LogP contribution in [0.15, 0.2) is 121 Å². The lowest BCUT2D eigenvalue weighted by Crippen LogP contribution is -1.95. The largest absolute Gasteiger partial charge is 0.356 e. The SMILES string of the molecule is c1ccc(Nc2ccc(Nc3cccc(Nc4cccc5ccccc45)c3)cc2)cc1. The van der Waals surface area contributed by atoms with E-state index in [0.29, 0.717) is 0 Å². The Hall–Kier alpha value is -4.24. The summed E-state index contributed by atoms with van der Waals surface area (Å²) < 4.78 is 0. The van der Waals surface area contributed by atoms with Crippen molar-refractivity contribution in [2.45, 2.75) is 0 Å². The summed E-state index contributed by atoms with van der Waals surface area (Å²) in [5.41, 5.74) is 6.36. The standard InChI is InChI=1S/C28H23N3/c1-2-10-22(11-3-1)29-23-16-18-24(19-17-23)30-25-12-7-13-26(20-25)31-28-15-6-9-21-8-4-5-14-27(21)28/h1-20,29-31H. The molecule has 0 saturated heterocycles. The Labute approximate surface area is 182 Å². The maximum Gasteiger partial charge on any atom is 0.0463 e. The Kier molecular flexibility index (Phi) is 5.23. The number of rotatable bonds is 6. The fourth-order valence-electron chi connectivity index (χ4n) is 3.66. The third-order valence-corrected chi connectivity index (χ3v) is 5.17. The zero-order valence-electron chi connectivity index (χ0n) is 17.0. The number of para-hydroxylation sites is 1. The number of hydrogen-bond acceptors (Lipinski definition) is 3. The van der Waals surface area contributed by atoms with E-state index in [-0.39, 0.29) is 0 Å². The molecule has 5 rings (SSSR count). The molecule has 0 aliphatic rings. The molecule has 0 spiro atoms. The molecule has 0 fully saturated rings. The highest BCUT2D eigenvalue weighted by molar-refractivity contribution is 5.95.